The molecule has 0 aliphatic carbocycles. The van der Waals surface area contributed by atoms with Crippen LogP contribution < -0.4 is 10.6 Å². The smallest absolute Gasteiger partial charge is 0.251 e. The summed E-state index contributed by atoms with van der Waals surface area (Å²) in [5.74, 6) is 0.303. The van der Waals surface area contributed by atoms with Gasteiger partial charge in [0.1, 0.15) is 6.04 Å². The van der Waals surface area contributed by atoms with Gasteiger partial charge in [-0.25, -0.2) is 4.98 Å². The largest absolute Gasteiger partial charge is 0.340 e. The summed E-state index contributed by atoms with van der Waals surface area (Å²) < 4.78 is 1.95. The van der Waals surface area contributed by atoms with Crippen LogP contribution in [-0.2, 0) is 11.8 Å². The maximum Gasteiger partial charge on any atom is 0.251 e. The van der Waals surface area contributed by atoms with Crippen LogP contribution in [0.2, 0.25) is 0 Å². The lowest BCUT2D eigenvalue weighted by molar-refractivity contribution is -0.118. The van der Waals surface area contributed by atoms with Gasteiger partial charge in [-0.2, -0.15) is 11.8 Å². The van der Waals surface area contributed by atoms with Crippen LogP contribution in [0.5, 0.6) is 0 Å². The normalized spacial score (nSPS) is 11.7. The van der Waals surface area contributed by atoms with Gasteiger partial charge in [0.05, 0.1) is 0 Å². The molecule has 8 heteroatoms. The third-order valence-electron chi connectivity index (χ3n) is 4.62. The molecule has 0 fully saturated rings. The second-order valence-electron chi connectivity index (χ2n) is 7.11. The molecule has 0 spiro atoms. The number of nitrogens with zero attached hydrogens (tertiary/aromatic N) is 2. The van der Waals surface area contributed by atoms with E-state index in [2.05, 4.69) is 15.6 Å². The quantitative estimate of drug-likeness (QED) is 0.502. The Morgan fingerprint density at radius 2 is 1.94 bits per heavy atom. The van der Waals surface area contributed by atoms with Crippen molar-refractivity contribution in [2.45, 2.75) is 29.4 Å². The molecule has 1 unspecified atom stereocenters. The monoisotopic (exact) mass is 454 g/mol. The first kappa shape index (κ1) is 23.0. The number of amides is 2. The number of hydrogen-bond acceptors (Lipinski definition) is 5. The number of thioether (sulfide) groups is 1. The van der Waals surface area contributed by atoms with Crippen molar-refractivity contribution in [3.8, 4) is 0 Å². The maximum absolute atomic E-state index is 12.9. The van der Waals surface area contributed by atoms with E-state index in [0.717, 1.165) is 21.4 Å². The summed E-state index contributed by atoms with van der Waals surface area (Å²) in [6, 6.07) is 14.3. The summed E-state index contributed by atoms with van der Waals surface area (Å²) in [6.07, 6.45) is 6.19. The van der Waals surface area contributed by atoms with Crippen molar-refractivity contribution in [1.29, 1.82) is 0 Å². The molecule has 0 aliphatic rings. The number of rotatable bonds is 9. The number of carbonyl (C=O) groups is 2. The van der Waals surface area contributed by atoms with E-state index in [1.54, 1.807) is 35.8 Å². The fourth-order valence-electron chi connectivity index (χ4n) is 2.92. The topological polar surface area (TPSA) is 76.0 Å². The van der Waals surface area contributed by atoms with E-state index < -0.39 is 6.04 Å². The standard InChI is InChI=1S/C23H26N4O2S2/c1-16-5-4-6-17(15-16)21(28)26-20(11-14-30-3)22(29)25-18-7-9-19(10-8-18)31-23-24-12-13-27(23)2/h4-10,12-13,15,20H,11,14H2,1-3H3,(H,25,29)(H,26,28). The van der Waals surface area contributed by atoms with Crippen LogP contribution in [-0.4, -0.2) is 39.4 Å². The first-order valence-electron chi connectivity index (χ1n) is 9.89. The van der Waals surface area contributed by atoms with Crippen molar-refractivity contribution in [3.05, 3.63) is 72.1 Å². The number of imidazole rings is 1. The van der Waals surface area contributed by atoms with E-state index in [9.17, 15) is 9.59 Å². The summed E-state index contributed by atoms with van der Waals surface area (Å²) in [5.41, 5.74) is 2.24. The van der Waals surface area contributed by atoms with Gasteiger partial charge < -0.3 is 15.2 Å². The number of hydrogen-bond donors (Lipinski definition) is 2. The molecule has 0 bridgehead atoms. The highest BCUT2D eigenvalue weighted by molar-refractivity contribution is 7.99. The second kappa shape index (κ2) is 11.1. The minimum Gasteiger partial charge on any atom is -0.340 e. The van der Waals surface area contributed by atoms with Crippen molar-refractivity contribution in [3.63, 3.8) is 0 Å². The molecule has 3 rings (SSSR count). The fraction of sp³-hybridized carbons (Fsp3) is 0.261. The Morgan fingerprint density at radius 3 is 2.58 bits per heavy atom. The Bertz CT molecular complexity index is 1030. The summed E-state index contributed by atoms with van der Waals surface area (Å²) in [7, 11) is 1.95. The SMILES string of the molecule is CSCCC(NC(=O)c1cccc(C)c1)C(=O)Nc1ccc(Sc2nccn2C)cc1. The molecule has 0 saturated carbocycles. The predicted molar refractivity (Wildman–Crippen MR) is 128 cm³/mol. The average Bonchev–Trinajstić information content (AvgIpc) is 3.16. The van der Waals surface area contributed by atoms with Crippen LogP contribution in [0.1, 0.15) is 22.3 Å². The van der Waals surface area contributed by atoms with Gasteiger partial charge in [0.15, 0.2) is 5.16 Å². The van der Waals surface area contributed by atoms with Gasteiger partial charge in [-0.15, -0.1) is 0 Å². The minimum absolute atomic E-state index is 0.223. The van der Waals surface area contributed by atoms with Gasteiger partial charge in [0.2, 0.25) is 5.91 Å². The molecule has 2 amide bonds. The van der Waals surface area contributed by atoms with Gasteiger partial charge in [0.25, 0.3) is 5.91 Å². The second-order valence-corrected chi connectivity index (χ2v) is 9.14. The van der Waals surface area contributed by atoms with Crippen LogP contribution in [0.3, 0.4) is 0 Å². The highest BCUT2D eigenvalue weighted by Gasteiger charge is 2.21. The molecular formula is C23H26N4O2S2. The fourth-order valence-corrected chi connectivity index (χ4v) is 4.20. The highest BCUT2D eigenvalue weighted by Crippen LogP contribution is 2.26. The number of benzene rings is 2. The molecule has 31 heavy (non-hydrogen) atoms. The summed E-state index contributed by atoms with van der Waals surface area (Å²) >= 11 is 3.19. The first-order valence-corrected chi connectivity index (χ1v) is 12.1. The van der Waals surface area contributed by atoms with E-state index >= 15 is 0 Å². The average molecular weight is 455 g/mol. The van der Waals surface area contributed by atoms with Gasteiger partial charge in [-0.05, 0) is 61.8 Å². The first-order chi connectivity index (χ1) is 15.0. The van der Waals surface area contributed by atoms with Crippen molar-refractivity contribution >= 4 is 41.0 Å². The van der Waals surface area contributed by atoms with Gasteiger partial charge >= 0.3 is 0 Å². The zero-order chi connectivity index (χ0) is 22.2. The maximum atomic E-state index is 12.9. The van der Waals surface area contributed by atoms with Crippen LogP contribution in [0.25, 0.3) is 0 Å². The highest BCUT2D eigenvalue weighted by atomic mass is 32.2. The van der Waals surface area contributed by atoms with E-state index in [1.807, 2.05) is 73.5 Å². The van der Waals surface area contributed by atoms with Crippen molar-refractivity contribution in [2.24, 2.45) is 7.05 Å². The van der Waals surface area contributed by atoms with Gasteiger partial charge in [-0.3, -0.25) is 9.59 Å². The Labute approximate surface area is 191 Å². The molecule has 2 aromatic carbocycles. The number of carbonyl (C=O) groups excluding carboxylic acids is 2. The Kier molecular flexibility index (Phi) is 8.20. The Balaban J connectivity index is 1.64. The van der Waals surface area contributed by atoms with Gasteiger partial charge in [0, 0.05) is 35.6 Å². The third kappa shape index (κ3) is 6.63. The van der Waals surface area contributed by atoms with Crippen LogP contribution in [0.4, 0.5) is 5.69 Å². The Morgan fingerprint density at radius 1 is 1.16 bits per heavy atom. The molecule has 6 nitrogen and oxygen atoms in total. The minimum atomic E-state index is -0.609. The number of anilines is 1. The lowest BCUT2D eigenvalue weighted by atomic mass is 10.1. The molecule has 1 aromatic heterocycles. The molecule has 0 saturated heterocycles. The summed E-state index contributed by atoms with van der Waals surface area (Å²) in [5, 5.41) is 6.70. The van der Waals surface area contributed by atoms with E-state index in [-0.39, 0.29) is 11.8 Å². The number of nitrogens with one attached hydrogen (secondary N) is 2. The molecule has 3 aromatic rings. The predicted octanol–water partition coefficient (Wildman–Crippen LogP) is 4.37. The Hall–Kier alpha value is -2.71. The lowest BCUT2D eigenvalue weighted by Gasteiger charge is -2.18. The van der Waals surface area contributed by atoms with Gasteiger partial charge in [-0.1, -0.05) is 29.5 Å². The lowest BCUT2D eigenvalue weighted by Crippen LogP contribution is -2.44. The van der Waals surface area contributed by atoms with E-state index in [1.165, 1.54) is 0 Å². The molecule has 0 aliphatic heterocycles. The summed E-state index contributed by atoms with van der Waals surface area (Å²) in [6.45, 7) is 1.94. The zero-order valence-corrected chi connectivity index (χ0v) is 19.4. The molecule has 1 heterocycles. The van der Waals surface area contributed by atoms with Crippen molar-refractivity contribution in [2.75, 3.05) is 17.3 Å². The molecule has 0 radical (unpaired) electrons. The number of aromatic nitrogens is 2. The van der Waals surface area contributed by atoms with E-state index in [0.29, 0.717) is 17.7 Å². The van der Waals surface area contributed by atoms with Crippen LogP contribution >= 0.6 is 23.5 Å². The number of aryl methyl sites for hydroxylation is 2. The van der Waals surface area contributed by atoms with Crippen LogP contribution in [0.15, 0.2) is 71.0 Å². The molecular weight excluding hydrogens is 428 g/mol. The molecule has 162 valence electrons. The molecule has 1 atom stereocenters. The summed E-state index contributed by atoms with van der Waals surface area (Å²) in [4.78, 5) is 30.9. The van der Waals surface area contributed by atoms with E-state index in [4.69, 9.17) is 0 Å². The third-order valence-corrected chi connectivity index (χ3v) is 6.35. The zero-order valence-electron chi connectivity index (χ0n) is 17.8. The van der Waals surface area contributed by atoms with Crippen molar-refractivity contribution < 1.29 is 9.59 Å². The van der Waals surface area contributed by atoms with Crippen molar-refractivity contribution in [1.82, 2.24) is 14.9 Å². The molecule has 2 N–H and O–H groups in total. The van der Waals surface area contributed by atoms with Crippen LogP contribution in [0, 0.1) is 6.92 Å².